The molecule has 4 nitrogen and oxygen atoms in total. The Labute approximate surface area is 111 Å². The van der Waals surface area contributed by atoms with Crippen LogP contribution in [0.3, 0.4) is 0 Å². The molecule has 0 aliphatic rings. The van der Waals surface area contributed by atoms with Gasteiger partial charge in [-0.15, -0.1) is 0 Å². The maximum atomic E-state index is 11.6. The number of carbonyl (C=O) groups is 1. The Balaban J connectivity index is 2.56. The van der Waals surface area contributed by atoms with Crippen molar-refractivity contribution in [2.24, 2.45) is 5.41 Å². The summed E-state index contributed by atoms with van der Waals surface area (Å²) >= 11 is 10.7. The fourth-order valence-electron chi connectivity index (χ4n) is 0.888. The molecule has 0 fully saturated rings. The molecule has 0 radical (unpaired) electrons. The number of halogens is 1. The zero-order chi connectivity index (χ0) is 13.1. The summed E-state index contributed by atoms with van der Waals surface area (Å²) in [6.45, 7) is 5.43. The largest absolute Gasteiger partial charge is 0.317 e. The monoisotopic (exact) mass is 271 g/mol. The van der Waals surface area contributed by atoms with Crippen LogP contribution in [0.1, 0.15) is 20.8 Å². The molecule has 0 bridgehead atoms. The number of aromatic nitrogens is 1. The summed E-state index contributed by atoms with van der Waals surface area (Å²) < 4.78 is 0. The van der Waals surface area contributed by atoms with E-state index in [0.717, 1.165) is 0 Å². The average molecular weight is 272 g/mol. The minimum atomic E-state index is -0.487. The highest BCUT2D eigenvalue weighted by atomic mass is 35.5. The highest BCUT2D eigenvalue weighted by Gasteiger charge is 2.21. The van der Waals surface area contributed by atoms with Gasteiger partial charge in [0.05, 0.1) is 5.02 Å². The number of pyridine rings is 1. The average Bonchev–Trinajstić information content (AvgIpc) is 2.20. The second kappa shape index (κ2) is 5.42. The first-order valence-corrected chi connectivity index (χ1v) is 5.81. The molecule has 1 aromatic heterocycles. The lowest BCUT2D eigenvalue weighted by Gasteiger charge is -2.18. The Morgan fingerprint density at radius 1 is 1.41 bits per heavy atom. The number of thiocarbonyl (C=S) groups is 1. The van der Waals surface area contributed by atoms with E-state index in [1.807, 2.05) is 20.8 Å². The van der Waals surface area contributed by atoms with Crippen molar-refractivity contribution in [1.82, 2.24) is 10.3 Å². The van der Waals surface area contributed by atoms with Crippen LogP contribution in [0.5, 0.6) is 0 Å². The number of amides is 1. The molecule has 1 amide bonds. The van der Waals surface area contributed by atoms with Crippen molar-refractivity contribution in [2.75, 3.05) is 5.32 Å². The van der Waals surface area contributed by atoms with Crippen molar-refractivity contribution in [3.8, 4) is 0 Å². The summed E-state index contributed by atoms with van der Waals surface area (Å²) in [6.07, 6.45) is 1.50. The normalized spacial score (nSPS) is 10.8. The minimum absolute atomic E-state index is 0.149. The van der Waals surface area contributed by atoms with E-state index in [9.17, 15) is 4.79 Å². The van der Waals surface area contributed by atoms with Gasteiger partial charge in [-0.25, -0.2) is 4.98 Å². The lowest BCUT2D eigenvalue weighted by Crippen LogP contribution is -2.41. The first-order valence-electron chi connectivity index (χ1n) is 5.03. The third-order valence-electron chi connectivity index (χ3n) is 1.88. The second-order valence-electron chi connectivity index (χ2n) is 4.52. The number of hydrogen-bond acceptors (Lipinski definition) is 3. The summed E-state index contributed by atoms with van der Waals surface area (Å²) in [5.41, 5.74) is -0.487. The van der Waals surface area contributed by atoms with Crippen molar-refractivity contribution in [2.45, 2.75) is 20.8 Å². The van der Waals surface area contributed by atoms with Crippen molar-refractivity contribution in [1.29, 1.82) is 0 Å². The van der Waals surface area contributed by atoms with E-state index < -0.39 is 5.41 Å². The number of nitrogens with one attached hydrogen (secondary N) is 2. The lowest BCUT2D eigenvalue weighted by atomic mass is 9.96. The lowest BCUT2D eigenvalue weighted by molar-refractivity contribution is -0.126. The van der Waals surface area contributed by atoms with Gasteiger partial charge in [0.25, 0.3) is 0 Å². The molecule has 0 aliphatic carbocycles. The molecule has 0 saturated carbocycles. The number of carbonyl (C=O) groups excluding carboxylic acids is 1. The predicted octanol–water partition coefficient (Wildman–Crippen LogP) is 2.59. The Morgan fingerprint density at radius 2 is 2.06 bits per heavy atom. The summed E-state index contributed by atoms with van der Waals surface area (Å²) in [4.78, 5) is 15.6. The van der Waals surface area contributed by atoms with Gasteiger partial charge in [0.1, 0.15) is 5.82 Å². The van der Waals surface area contributed by atoms with Crippen LogP contribution in [0.15, 0.2) is 18.3 Å². The Bertz CT molecular complexity index is 425. The first-order chi connectivity index (χ1) is 7.79. The Morgan fingerprint density at radius 3 is 2.53 bits per heavy atom. The molecular weight excluding hydrogens is 258 g/mol. The summed E-state index contributed by atoms with van der Waals surface area (Å²) in [5.74, 6) is 0.387. The quantitative estimate of drug-likeness (QED) is 0.771. The molecule has 1 rings (SSSR count). The number of nitrogens with zero attached hydrogens (tertiary/aromatic N) is 1. The fourth-order valence-corrected chi connectivity index (χ4v) is 1.20. The summed E-state index contributed by atoms with van der Waals surface area (Å²) in [6, 6.07) is 3.36. The molecule has 0 spiro atoms. The van der Waals surface area contributed by atoms with E-state index in [0.29, 0.717) is 10.8 Å². The number of anilines is 1. The van der Waals surface area contributed by atoms with Gasteiger partial charge < -0.3 is 10.6 Å². The van der Waals surface area contributed by atoms with Crippen LogP contribution >= 0.6 is 23.8 Å². The minimum Gasteiger partial charge on any atom is -0.317 e. The molecule has 0 saturated heterocycles. The molecule has 2 N–H and O–H groups in total. The van der Waals surface area contributed by atoms with Crippen LogP contribution in [0.25, 0.3) is 0 Å². The van der Waals surface area contributed by atoms with Gasteiger partial charge in [-0.1, -0.05) is 32.4 Å². The standard InChI is InChI=1S/C11H14ClN3OS/c1-11(2,3)9(16)15-10(17)14-8-5-4-7(12)6-13-8/h4-6H,1-3H3,(H2,13,14,15,16,17). The zero-order valence-corrected chi connectivity index (χ0v) is 11.4. The summed E-state index contributed by atoms with van der Waals surface area (Å²) in [5, 5.41) is 6.16. The van der Waals surface area contributed by atoms with E-state index in [1.165, 1.54) is 6.20 Å². The molecule has 0 aromatic carbocycles. The van der Waals surface area contributed by atoms with Gasteiger partial charge >= 0.3 is 0 Å². The smallest absolute Gasteiger partial charge is 0.231 e. The van der Waals surface area contributed by atoms with Crippen LogP contribution in [0.4, 0.5) is 5.82 Å². The highest BCUT2D eigenvalue weighted by Crippen LogP contribution is 2.13. The van der Waals surface area contributed by atoms with Crippen molar-refractivity contribution in [3.05, 3.63) is 23.4 Å². The molecule has 0 unspecified atom stereocenters. The number of hydrogen-bond donors (Lipinski definition) is 2. The molecule has 0 atom stereocenters. The number of rotatable bonds is 1. The predicted molar refractivity (Wildman–Crippen MR) is 73.1 cm³/mol. The zero-order valence-electron chi connectivity index (χ0n) is 9.87. The van der Waals surface area contributed by atoms with Crippen LogP contribution in [-0.2, 0) is 4.79 Å². The second-order valence-corrected chi connectivity index (χ2v) is 5.36. The van der Waals surface area contributed by atoms with E-state index in [-0.39, 0.29) is 11.0 Å². The SMILES string of the molecule is CC(C)(C)C(=O)NC(=S)Nc1ccc(Cl)cn1. The van der Waals surface area contributed by atoms with Gasteiger partial charge in [-0.05, 0) is 24.4 Å². The van der Waals surface area contributed by atoms with Crippen molar-refractivity contribution in [3.63, 3.8) is 0 Å². The van der Waals surface area contributed by atoms with Gasteiger partial charge in [0.15, 0.2) is 5.11 Å². The van der Waals surface area contributed by atoms with E-state index in [2.05, 4.69) is 15.6 Å². The third-order valence-corrected chi connectivity index (χ3v) is 2.30. The van der Waals surface area contributed by atoms with Crippen LogP contribution < -0.4 is 10.6 Å². The van der Waals surface area contributed by atoms with Gasteiger partial charge in [-0.2, -0.15) is 0 Å². The van der Waals surface area contributed by atoms with Crippen molar-refractivity contribution < 1.29 is 4.79 Å². The van der Waals surface area contributed by atoms with Crippen LogP contribution in [0.2, 0.25) is 5.02 Å². The van der Waals surface area contributed by atoms with Crippen LogP contribution in [0, 0.1) is 5.41 Å². The van der Waals surface area contributed by atoms with Crippen LogP contribution in [-0.4, -0.2) is 16.0 Å². The highest BCUT2D eigenvalue weighted by molar-refractivity contribution is 7.80. The van der Waals surface area contributed by atoms with Gasteiger partial charge in [-0.3, -0.25) is 4.79 Å². The molecule has 0 aliphatic heterocycles. The van der Waals surface area contributed by atoms with E-state index >= 15 is 0 Å². The molecule has 92 valence electrons. The Hall–Kier alpha value is -1.20. The molecule has 1 heterocycles. The fraction of sp³-hybridized carbons (Fsp3) is 0.364. The third kappa shape index (κ3) is 4.66. The first kappa shape index (κ1) is 13.9. The van der Waals surface area contributed by atoms with Crippen molar-refractivity contribution >= 4 is 40.7 Å². The molecule has 6 heteroatoms. The van der Waals surface area contributed by atoms with Gasteiger partial charge in [0, 0.05) is 11.6 Å². The molecule has 1 aromatic rings. The summed E-state index contributed by atoms with van der Waals surface area (Å²) in [7, 11) is 0. The Kier molecular flexibility index (Phi) is 4.42. The maximum absolute atomic E-state index is 11.6. The van der Waals surface area contributed by atoms with E-state index in [1.54, 1.807) is 12.1 Å². The molecular formula is C11H14ClN3OS. The maximum Gasteiger partial charge on any atom is 0.231 e. The van der Waals surface area contributed by atoms with Gasteiger partial charge in [0.2, 0.25) is 5.91 Å². The molecule has 17 heavy (non-hydrogen) atoms. The van der Waals surface area contributed by atoms with E-state index in [4.69, 9.17) is 23.8 Å². The topological polar surface area (TPSA) is 54.0 Å².